The number of aliphatic hydroxyl groups is 2. The summed E-state index contributed by atoms with van der Waals surface area (Å²) in [7, 11) is 0. The van der Waals surface area contributed by atoms with Crippen LogP contribution in [0.15, 0.2) is 0 Å². The lowest BCUT2D eigenvalue weighted by atomic mass is 9.92. The summed E-state index contributed by atoms with van der Waals surface area (Å²) in [6, 6.07) is 0. The first kappa shape index (κ1) is 15.9. The van der Waals surface area contributed by atoms with Crippen LogP contribution in [-0.4, -0.2) is 21.9 Å². The molecular formula is C14H30O2. The van der Waals surface area contributed by atoms with Gasteiger partial charge in [0.25, 0.3) is 0 Å². The van der Waals surface area contributed by atoms with Gasteiger partial charge in [-0.3, -0.25) is 0 Å². The predicted molar refractivity (Wildman–Crippen MR) is 69.5 cm³/mol. The molecule has 0 aliphatic rings. The van der Waals surface area contributed by atoms with Crippen molar-refractivity contribution < 1.29 is 10.2 Å². The highest BCUT2D eigenvalue weighted by Crippen LogP contribution is 2.19. The standard InChI is InChI=1S/C14H30O2/c1-4-6-7-8-9-10-11-12-13(15)14(3,16)5-2/h13,15-16H,4-12H2,1-3H3. The van der Waals surface area contributed by atoms with E-state index in [9.17, 15) is 10.2 Å². The fourth-order valence-electron chi connectivity index (χ4n) is 1.84. The molecule has 2 heteroatoms. The number of aliphatic hydroxyl groups excluding tert-OH is 1. The monoisotopic (exact) mass is 230 g/mol. The first-order valence-corrected chi connectivity index (χ1v) is 6.95. The zero-order valence-electron chi connectivity index (χ0n) is 11.3. The molecule has 2 nitrogen and oxygen atoms in total. The minimum absolute atomic E-state index is 0.562. The van der Waals surface area contributed by atoms with Crippen LogP contribution >= 0.6 is 0 Å². The lowest BCUT2D eigenvalue weighted by molar-refractivity contribution is -0.0678. The van der Waals surface area contributed by atoms with Crippen LogP contribution in [0.4, 0.5) is 0 Å². The van der Waals surface area contributed by atoms with Gasteiger partial charge in [-0.1, -0.05) is 58.8 Å². The number of hydrogen-bond acceptors (Lipinski definition) is 2. The van der Waals surface area contributed by atoms with Crippen LogP contribution in [0.2, 0.25) is 0 Å². The highest BCUT2D eigenvalue weighted by molar-refractivity contribution is 4.79. The molecule has 0 aromatic carbocycles. The molecule has 0 rings (SSSR count). The Morgan fingerprint density at radius 2 is 1.44 bits per heavy atom. The van der Waals surface area contributed by atoms with E-state index in [1.807, 2.05) is 6.92 Å². The molecule has 0 amide bonds. The number of unbranched alkanes of at least 4 members (excludes halogenated alkanes) is 6. The van der Waals surface area contributed by atoms with Crippen LogP contribution in [0.1, 0.15) is 78.6 Å². The smallest absolute Gasteiger partial charge is 0.0874 e. The van der Waals surface area contributed by atoms with Gasteiger partial charge in [0, 0.05) is 0 Å². The van der Waals surface area contributed by atoms with E-state index in [2.05, 4.69) is 6.92 Å². The maximum Gasteiger partial charge on any atom is 0.0874 e. The molecule has 0 aromatic heterocycles. The Hall–Kier alpha value is -0.0800. The SMILES string of the molecule is CCCCCCCCCC(O)C(C)(O)CC. The summed E-state index contributed by atoms with van der Waals surface area (Å²) in [5, 5.41) is 19.6. The summed E-state index contributed by atoms with van der Waals surface area (Å²) in [6.45, 7) is 5.86. The van der Waals surface area contributed by atoms with Crippen LogP contribution in [-0.2, 0) is 0 Å². The zero-order valence-corrected chi connectivity index (χ0v) is 11.3. The van der Waals surface area contributed by atoms with Gasteiger partial charge in [0.15, 0.2) is 0 Å². The third kappa shape index (κ3) is 7.24. The van der Waals surface area contributed by atoms with Crippen molar-refractivity contribution in [2.24, 2.45) is 0 Å². The molecule has 0 fully saturated rings. The van der Waals surface area contributed by atoms with Crippen molar-refractivity contribution in [3.8, 4) is 0 Å². The predicted octanol–water partition coefficient (Wildman–Crippen LogP) is 3.65. The molecule has 0 radical (unpaired) electrons. The van der Waals surface area contributed by atoms with Crippen molar-refractivity contribution >= 4 is 0 Å². The van der Waals surface area contributed by atoms with Gasteiger partial charge in [-0.25, -0.2) is 0 Å². The molecule has 2 unspecified atom stereocenters. The van der Waals surface area contributed by atoms with Crippen LogP contribution < -0.4 is 0 Å². The Morgan fingerprint density at radius 3 is 1.94 bits per heavy atom. The average molecular weight is 230 g/mol. The second-order valence-corrected chi connectivity index (χ2v) is 5.14. The molecule has 2 atom stereocenters. The van der Waals surface area contributed by atoms with E-state index in [0.717, 1.165) is 12.8 Å². The fraction of sp³-hybridized carbons (Fsp3) is 1.00. The van der Waals surface area contributed by atoms with Crippen LogP contribution in [0, 0.1) is 0 Å². The van der Waals surface area contributed by atoms with E-state index < -0.39 is 11.7 Å². The lowest BCUT2D eigenvalue weighted by Crippen LogP contribution is -2.38. The first-order chi connectivity index (χ1) is 7.54. The molecule has 0 bridgehead atoms. The van der Waals surface area contributed by atoms with Crippen molar-refractivity contribution in [3.05, 3.63) is 0 Å². The summed E-state index contributed by atoms with van der Waals surface area (Å²) in [5.74, 6) is 0. The van der Waals surface area contributed by atoms with E-state index in [-0.39, 0.29) is 0 Å². The third-order valence-corrected chi connectivity index (χ3v) is 3.51. The fourth-order valence-corrected chi connectivity index (χ4v) is 1.84. The zero-order chi connectivity index (χ0) is 12.4. The summed E-state index contributed by atoms with van der Waals surface area (Å²) < 4.78 is 0. The van der Waals surface area contributed by atoms with E-state index in [1.165, 1.54) is 38.5 Å². The Bertz CT molecular complexity index is 155. The summed E-state index contributed by atoms with van der Waals surface area (Å²) in [4.78, 5) is 0. The quantitative estimate of drug-likeness (QED) is 0.562. The van der Waals surface area contributed by atoms with E-state index in [4.69, 9.17) is 0 Å². The first-order valence-electron chi connectivity index (χ1n) is 6.95. The molecular weight excluding hydrogens is 200 g/mol. The number of rotatable bonds is 10. The van der Waals surface area contributed by atoms with Gasteiger partial charge in [0.05, 0.1) is 11.7 Å². The van der Waals surface area contributed by atoms with E-state index >= 15 is 0 Å². The summed E-state index contributed by atoms with van der Waals surface area (Å²) in [5.41, 5.74) is -0.901. The van der Waals surface area contributed by atoms with E-state index in [0.29, 0.717) is 6.42 Å². The van der Waals surface area contributed by atoms with Gasteiger partial charge in [-0.05, 0) is 19.8 Å². The Morgan fingerprint density at radius 1 is 0.938 bits per heavy atom. The Balaban J connectivity index is 3.38. The lowest BCUT2D eigenvalue weighted by Gasteiger charge is -2.27. The molecule has 2 N–H and O–H groups in total. The third-order valence-electron chi connectivity index (χ3n) is 3.51. The topological polar surface area (TPSA) is 40.5 Å². The van der Waals surface area contributed by atoms with Gasteiger partial charge < -0.3 is 10.2 Å². The van der Waals surface area contributed by atoms with Crippen molar-refractivity contribution in [2.75, 3.05) is 0 Å². The van der Waals surface area contributed by atoms with Crippen molar-refractivity contribution in [3.63, 3.8) is 0 Å². The molecule has 0 aliphatic carbocycles. The second-order valence-electron chi connectivity index (χ2n) is 5.14. The van der Waals surface area contributed by atoms with Crippen molar-refractivity contribution in [1.29, 1.82) is 0 Å². The summed E-state index contributed by atoms with van der Waals surface area (Å²) >= 11 is 0. The van der Waals surface area contributed by atoms with Crippen LogP contribution in [0.5, 0.6) is 0 Å². The molecule has 0 heterocycles. The molecule has 0 aromatic rings. The Kier molecular flexibility index (Phi) is 8.96. The van der Waals surface area contributed by atoms with Gasteiger partial charge in [-0.15, -0.1) is 0 Å². The molecule has 16 heavy (non-hydrogen) atoms. The average Bonchev–Trinajstić information content (AvgIpc) is 2.27. The van der Waals surface area contributed by atoms with Crippen molar-refractivity contribution in [1.82, 2.24) is 0 Å². The maximum atomic E-state index is 9.81. The summed E-state index contributed by atoms with van der Waals surface area (Å²) in [6.07, 6.45) is 9.54. The molecule has 98 valence electrons. The normalized spacial score (nSPS) is 17.1. The molecule has 0 spiro atoms. The minimum Gasteiger partial charge on any atom is -0.390 e. The van der Waals surface area contributed by atoms with Gasteiger partial charge >= 0.3 is 0 Å². The maximum absolute atomic E-state index is 9.81. The highest BCUT2D eigenvalue weighted by Gasteiger charge is 2.27. The van der Waals surface area contributed by atoms with Gasteiger partial charge in [0.2, 0.25) is 0 Å². The second kappa shape index (κ2) is 9.00. The Labute approximate surface area is 101 Å². The van der Waals surface area contributed by atoms with E-state index in [1.54, 1.807) is 6.92 Å². The van der Waals surface area contributed by atoms with Crippen LogP contribution in [0.3, 0.4) is 0 Å². The molecule has 0 saturated carbocycles. The molecule has 0 saturated heterocycles. The van der Waals surface area contributed by atoms with Crippen LogP contribution in [0.25, 0.3) is 0 Å². The number of hydrogen-bond donors (Lipinski definition) is 2. The van der Waals surface area contributed by atoms with Gasteiger partial charge in [0.1, 0.15) is 0 Å². The van der Waals surface area contributed by atoms with Crippen molar-refractivity contribution in [2.45, 2.75) is 90.3 Å². The molecule has 0 aliphatic heterocycles. The largest absolute Gasteiger partial charge is 0.390 e. The van der Waals surface area contributed by atoms with Gasteiger partial charge in [-0.2, -0.15) is 0 Å². The highest BCUT2D eigenvalue weighted by atomic mass is 16.3. The minimum atomic E-state index is -0.901.